The molecule has 0 amide bonds. The Kier molecular flexibility index (Phi) is 4.66. The van der Waals surface area contributed by atoms with Gasteiger partial charge < -0.3 is 4.74 Å². The largest absolute Gasteiger partial charge is 0.462 e. The van der Waals surface area contributed by atoms with E-state index in [0.717, 1.165) is 0 Å². The lowest BCUT2D eigenvalue weighted by molar-refractivity contribution is 0.429. The maximum absolute atomic E-state index is 10.8. The number of nitrogens with one attached hydrogen (secondary N) is 1. The van der Waals surface area contributed by atoms with Crippen LogP contribution in [0.5, 0.6) is 5.75 Å². The zero-order chi connectivity index (χ0) is 13.8. The predicted molar refractivity (Wildman–Crippen MR) is 72.0 cm³/mol. The highest BCUT2D eigenvalue weighted by Gasteiger charge is 2.09. The number of para-hydroxylation sites is 1. The van der Waals surface area contributed by atoms with E-state index in [1.165, 1.54) is 0 Å². The summed E-state index contributed by atoms with van der Waals surface area (Å²) in [4.78, 5) is 0. The van der Waals surface area contributed by atoms with Gasteiger partial charge in [-0.05, 0) is 18.6 Å². The van der Waals surface area contributed by atoms with Gasteiger partial charge in [0, 0.05) is 12.1 Å². The van der Waals surface area contributed by atoms with Crippen LogP contribution in [0.3, 0.4) is 0 Å². The van der Waals surface area contributed by atoms with Gasteiger partial charge in [0.1, 0.15) is 5.75 Å². The topological polar surface area (TPSA) is 81.4 Å². The Hall–Kier alpha value is -1.63. The average Bonchev–Trinajstić information content (AvgIpc) is 2.25. The quantitative estimate of drug-likeness (QED) is 0.765. The maximum Gasteiger partial charge on any atom is 0.274 e. The molecule has 0 saturated carbocycles. The van der Waals surface area contributed by atoms with E-state index in [1.807, 2.05) is 12.1 Å². The predicted octanol–water partition coefficient (Wildman–Crippen LogP) is 1.41. The lowest BCUT2D eigenvalue weighted by Crippen LogP contribution is -2.31. The molecule has 3 N–H and O–H groups in total. The molecule has 98 valence electrons. The Morgan fingerprint density at radius 1 is 1.39 bits per heavy atom. The second-order valence-electron chi connectivity index (χ2n) is 3.77. The standard InChI is InChI=1S/C12H16N2O3S/c1-9(2)17-12-7-5-4-6-11(12)10(3)8-14-18(13,15)16/h4-7,14H,1,3,8H2,2H3,(H2,13,15,16). The van der Waals surface area contributed by atoms with Crippen molar-refractivity contribution in [1.82, 2.24) is 4.72 Å². The van der Waals surface area contributed by atoms with E-state index in [9.17, 15) is 8.42 Å². The SMILES string of the molecule is C=C(C)Oc1ccccc1C(=C)CNS(N)(=O)=O. The Balaban J connectivity index is 2.88. The first-order valence-electron chi connectivity index (χ1n) is 5.17. The number of hydrogen-bond acceptors (Lipinski definition) is 3. The summed E-state index contributed by atoms with van der Waals surface area (Å²) in [5.74, 6) is 1.11. The fourth-order valence-corrected chi connectivity index (χ4v) is 1.69. The molecule has 0 saturated heterocycles. The van der Waals surface area contributed by atoms with E-state index < -0.39 is 10.2 Å². The van der Waals surface area contributed by atoms with Crippen molar-refractivity contribution in [3.63, 3.8) is 0 Å². The molecule has 1 aromatic rings. The summed E-state index contributed by atoms with van der Waals surface area (Å²) in [6.07, 6.45) is 0. The minimum atomic E-state index is -3.73. The summed E-state index contributed by atoms with van der Waals surface area (Å²) in [6.45, 7) is 9.20. The zero-order valence-electron chi connectivity index (χ0n) is 10.1. The third kappa shape index (κ3) is 4.70. The summed E-state index contributed by atoms with van der Waals surface area (Å²) in [6, 6.07) is 7.16. The van der Waals surface area contributed by atoms with Crippen molar-refractivity contribution in [2.45, 2.75) is 6.92 Å². The third-order valence-corrected chi connectivity index (χ3v) is 2.59. The zero-order valence-corrected chi connectivity index (χ0v) is 11.0. The van der Waals surface area contributed by atoms with Gasteiger partial charge in [0.15, 0.2) is 0 Å². The van der Waals surface area contributed by atoms with Gasteiger partial charge in [-0.3, -0.25) is 0 Å². The van der Waals surface area contributed by atoms with Crippen molar-refractivity contribution in [2.24, 2.45) is 5.14 Å². The fraction of sp³-hybridized carbons (Fsp3) is 0.167. The number of nitrogens with two attached hydrogens (primary N) is 1. The van der Waals surface area contributed by atoms with Gasteiger partial charge in [0.2, 0.25) is 0 Å². The molecule has 0 atom stereocenters. The Morgan fingerprint density at radius 3 is 2.56 bits per heavy atom. The molecule has 0 aliphatic carbocycles. The van der Waals surface area contributed by atoms with Gasteiger partial charge in [-0.1, -0.05) is 31.4 Å². The van der Waals surface area contributed by atoms with Crippen LogP contribution in [0.25, 0.3) is 5.57 Å². The maximum atomic E-state index is 10.8. The molecule has 0 fully saturated rings. The second kappa shape index (κ2) is 5.81. The molecule has 0 aliphatic heterocycles. The van der Waals surface area contributed by atoms with Gasteiger partial charge in [-0.2, -0.15) is 13.1 Å². The first-order chi connectivity index (χ1) is 8.29. The van der Waals surface area contributed by atoms with Crippen LogP contribution in [-0.2, 0) is 10.2 Å². The third-order valence-electron chi connectivity index (χ3n) is 2.04. The molecule has 0 spiro atoms. The van der Waals surface area contributed by atoms with E-state index in [4.69, 9.17) is 9.88 Å². The van der Waals surface area contributed by atoms with Crippen LogP contribution >= 0.6 is 0 Å². The highest BCUT2D eigenvalue weighted by Crippen LogP contribution is 2.25. The normalized spacial score (nSPS) is 11.0. The molecular weight excluding hydrogens is 252 g/mol. The van der Waals surface area contributed by atoms with E-state index >= 15 is 0 Å². The van der Waals surface area contributed by atoms with Crippen molar-refractivity contribution in [3.8, 4) is 5.75 Å². The van der Waals surface area contributed by atoms with Crippen molar-refractivity contribution in [1.29, 1.82) is 0 Å². The number of allylic oxidation sites excluding steroid dienone is 1. The second-order valence-corrected chi connectivity index (χ2v) is 5.15. The summed E-state index contributed by atoms with van der Waals surface area (Å²) >= 11 is 0. The number of ether oxygens (including phenoxy) is 1. The van der Waals surface area contributed by atoms with E-state index in [-0.39, 0.29) is 6.54 Å². The number of hydrogen-bond donors (Lipinski definition) is 2. The lowest BCUT2D eigenvalue weighted by atomic mass is 10.1. The van der Waals surface area contributed by atoms with Gasteiger partial charge >= 0.3 is 0 Å². The summed E-state index contributed by atoms with van der Waals surface area (Å²) in [5, 5.41) is 4.86. The highest BCUT2D eigenvalue weighted by atomic mass is 32.2. The smallest absolute Gasteiger partial charge is 0.274 e. The Morgan fingerprint density at radius 2 is 2.00 bits per heavy atom. The van der Waals surface area contributed by atoms with Crippen LogP contribution in [0.2, 0.25) is 0 Å². The minimum absolute atomic E-state index is 0.0232. The molecule has 1 rings (SSSR count). The molecule has 0 radical (unpaired) electrons. The summed E-state index contributed by atoms with van der Waals surface area (Å²) in [7, 11) is -3.73. The van der Waals surface area contributed by atoms with E-state index in [1.54, 1.807) is 19.1 Å². The van der Waals surface area contributed by atoms with Crippen molar-refractivity contribution in [3.05, 3.63) is 48.7 Å². The van der Waals surface area contributed by atoms with Crippen LogP contribution in [0.4, 0.5) is 0 Å². The van der Waals surface area contributed by atoms with Gasteiger partial charge in [-0.25, -0.2) is 5.14 Å². The Labute approximate surface area is 107 Å². The molecule has 0 heterocycles. The first kappa shape index (κ1) is 14.4. The van der Waals surface area contributed by atoms with Gasteiger partial charge in [0.25, 0.3) is 10.2 Å². The molecule has 5 nitrogen and oxygen atoms in total. The van der Waals surface area contributed by atoms with Crippen LogP contribution < -0.4 is 14.6 Å². The molecule has 1 aromatic carbocycles. The van der Waals surface area contributed by atoms with Crippen molar-refractivity contribution < 1.29 is 13.2 Å². The number of rotatable bonds is 6. The molecule has 0 aliphatic rings. The van der Waals surface area contributed by atoms with Crippen molar-refractivity contribution >= 4 is 15.8 Å². The van der Waals surface area contributed by atoms with Crippen LogP contribution in [0.1, 0.15) is 12.5 Å². The average molecular weight is 268 g/mol. The molecular formula is C12H16N2O3S. The summed E-state index contributed by atoms with van der Waals surface area (Å²) in [5.41, 5.74) is 1.26. The van der Waals surface area contributed by atoms with Gasteiger partial charge in [-0.15, -0.1) is 0 Å². The van der Waals surface area contributed by atoms with Crippen LogP contribution in [0, 0.1) is 0 Å². The van der Waals surface area contributed by atoms with Crippen LogP contribution in [-0.4, -0.2) is 15.0 Å². The lowest BCUT2D eigenvalue weighted by Gasteiger charge is -2.12. The van der Waals surface area contributed by atoms with Gasteiger partial charge in [0.05, 0.1) is 5.76 Å². The minimum Gasteiger partial charge on any atom is -0.462 e. The van der Waals surface area contributed by atoms with E-state index in [2.05, 4.69) is 17.9 Å². The fourth-order valence-electron chi connectivity index (χ4n) is 1.32. The molecule has 0 aromatic heterocycles. The van der Waals surface area contributed by atoms with E-state index in [0.29, 0.717) is 22.6 Å². The molecule has 0 bridgehead atoms. The highest BCUT2D eigenvalue weighted by molar-refractivity contribution is 7.87. The van der Waals surface area contributed by atoms with Crippen LogP contribution in [0.15, 0.2) is 43.2 Å². The first-order valence-corrected chi connectivity index (χ1v) is 6.72. The molecule has 0 unspecified atom stereocenters. The number of benzene rings is 1. The monoisotopic (exact) mass is 268 g/mol. The molecule has 6 heteroatoms. The van der Waals surface area contributed by atoms with Crippen molar-refractivity contribution in [2.75, 3.05) is 6.54 Å². The molecule has 18 heavy (non-hydrogen) atoms. The Bertz CT molecular complexity index is 564. The summed E-state index contributed by atoms with van der Waals surface area (Å²) < 4.78 is 29.2.